The highest BCUT2D eigenvalue weighted by molar-refractivity contribution is 6.02. The van der Waals surface area contributed by atoms with E-state index in [0.29, 0.717) is 36.0 Å². The fourth-order valence-corrected chi connectivity index (χ4v) is 3.16. The summed E-state index contributed by atoms with van der Waals surface area (Å²) < 4.78 is 16.2. The van der Waals surface area contributed by atoms with Crippen molar-refractivity contribution in [3.05, 3.63) is 53.6 Å². The zero-order valence-electron chi connectivity index (χ0n) is 16.6. The van der Waals surface area contributed by atoms with Crippen LogP contribution in [-0.4, -0.2) is 43.4 Å². The average molecular weight is 424 g/mol. The summed E-state index contributed by atoms with van der Waals surface area (Å²) in [5.41, 5.74) is 3.48. The maximum Gasteiger partial charge on any atom is 0.338 e. The number of ketones is 1. The van der Waals surface area contributed by atoms with Crippen LogP contribution in [0.15, 0.2) is 42.5 Å². The molecule has 2 heterocycles. The predicted molar refractivity (Wildman–Crippen MR) is 108 cm³/mol. The Hall–Kier alpha value is -3.88. The zero-order chi connectivity index (χ0) is 21.8. The first-order chi connectivity index (χ1) is 15.0. The molecule has 9 nitrogen and oxygen atoms in total. The van der Waals surface area contributed by atoms with Gasteiger partial charge in [0.1, 0.15) is 0 Å². The van der Waals surface area contributed by atoms with E-state index in [1.807, 2.05) is 0 Å². The zero-order valence-corrected chi connectivity index (χ0v) is 16.6. The Morgan fingerprint density at radius 1 is 0.935 bits per heavy atom. The summed E-state index contributed by atoms with van der Waals surface area (Å²) in [6.45, 7) is 0.623. The number of hydrogen-bond donors (Lipinski definition) is 1. The minimum absolute atomic E-state index is 0.123. The van der Waals surface area contributed by atoms with E-state index in [9.17, 15) is 19.2 Å². The van der Waals surface area contributed by atoms with Gasteiger partial charge < -0.3 is 14.2 Å². The molecule has 0 bridgehead atoms. The number of Topliss-reactive ketones (excluding diaryl/α,β-unsaturated/α-hetero) is 1. The molecule has 1 saturated heterocycles. The van der Waals surface area contributed by atoms with Crippen molar-refractivity contribution in [1.82, 2.24) is 5.43 Å². The van der Waals surface area contributed by atoms with Crippen molar-refractivity contribution in [3.8, 4) is 11.5 Å². The highest BCUT2D eigenvalue weighted by Gasteiger charge is 2.24. The van der Waals surface area contributed by atoms with Crippen molar-refractivity contribution >= 4 is 29.3 Å². The number of anilines is 1. The first kappa shape index (κ1) is 20.4. The van der Waals surface area contributed by atoms with Crippen molar-refractivity contribution < 1.29 is 33.4 Å². The number of amides is 2. The number of fused-ring (bicyclic) bond motifs is 1. The normalized spacial score (nSPS) is 15.7. The Labute approximate surface area is 177 Å². The molecule has 2 aliphatic heterocycles. The second-order valence-electron chi connectivity index (χ2n) is 7.02. The lowest BCUT2D eigenvalue weighted by Gasteiger charge is -2.27. The topological polar surface area (TPSA) is 111 Å². The summed E-state index contributed by atoms with van der Waals surface area (Å²) in [5, 5.41) is 1.15. The summed E-state index contributed by atoms with van der Waals surface area (Å²) in [7, 11) is 0. The summed E-state index contributed by atoms with van der Waals surface area (Å²) >= 11 is 0. The van der Waals surface area contributed by atoms with Gasteiger partial charge in [-0.05, 0) is 42.5 Å². The fourth-order valence-electron chi connectivity index (χ4n) is 3.16. The molecule has 9 heteroatoms. The Kier molecular flexibility index (Phi) is 5.83. The molecule has 2 aromatic rings. The molecule has 2 aromatic carbocycles. The van der Waals surface area contributed by atoms with E-state index in [4.69, 9.17) is 14.2 Å². The summed E-state index contributed by atoms with van der Waals surface area (Å²) in [5.74, 6) is -0.475. The van der Waals surface area contributed by atoms with Gasteiger partial charge in [0.2, 0.25) is 11.8 Å². The van der Waals surface area contributed by atoms with Crippen LogP contribution in [0, 0.1) is 0 Å². The molecule has 1 N–H and O–H groups in total. The lowest BCUT2D eigenvalue weighted by Crippen LogP contribution is -2.50. The van der Waals surface area contributed by atoms with Crippen molar-refractivity contribution in [1.29, 1.82) is 0 Å². The second-order valence-corrected chi connectivity index (χ2v) is 7.02. The van der Waals surface area contributed by atoms with Gasteiger partial charge >= 0.3 is 5.97 Å². The van der Waals surface area contributed by atoms with Crippen molar-refractivity contribution in [2.45, 2.75) is 19.3 Å². The first-order valence-electron chi connectivity index (χ1n) is 9.84. The van der Waals surface area contributed by atoms with E-state index in [2.05, 4.69) is 5.43 Å². The van der Waals surface area contributed by atoms with Crippen LogP contribution in [0.5, 0.6) is 11.5 Å². The van der Waals surface area contributed by atoms with Gasteiger partial charge in [-0.2, -0.15) is 0 Å². The minimum atomic E-state index is -0.678. The molecule has 0 atom stereocenters. The molecule has 0 aromatic heterocycles. The molecule has 2 aliphatic rings. The maximum absolute atomic E-state index is 12.4. The molecule has 1 fully saturated rings. The van der Waals surface area contributed by atoms with Crippen LogP contribution in [0.4, 0.5) is 5.69 Å². The van der Waals surface area contributed by atoms with Crippen molar-refractivity contribution in [2.75, 3.05) is 24.8 Å². The number of ether oxygens (including phenoxy) is 3. The molecule has 31 heavy (non-hydrogen) atoms. The molecule has 0 aliphatic carbocycles. The van der Waals surface area contributed by atoms with Crippen LogP contribution in [0.25, 0.3) is 0 Å². The van der Waals surface area contributed by atoms with E-state index in [1.165, 1.54) is 24.3 Å². The predicted octanol–water partition coefficient (Wildman–Crippen LogP) is 2.05. The third-order valence-corrected chi connectivity index (χ3v) is 4.82. The number of rotatable bonds is 5. The molecule has 160 valence electrons. The van der Waals surface area contributed by atoms with Crippen LogP contribution in [0.2, 0.25) is 0 Å². The standard InChI is InChI=1S/C22H20N2O7/c25-17(15-4-7-18-19(12-15)30-11-1-10-29-18)13-31-22(28)14-2-5-16(6-3-14)24-21(27)9-8-20(26)23-24/h2-7,12H,1,8-11,13H2,(H,23,26). The number of carbonyl (C=O) groups excluding carboxylic acids is 4. The van der Waals surface area contributed by atoms with Gasteiger partial charge in [0.05, 0.1) is 24.5 Å². The highest BCUT2D eigenvalue weighted by Crippen LogP contribution is 2.30. The highest BCUT2D eigenvalue weighted by atomic mass is 16.5. The fraction of sp³-hybridized carbons (Fsp3) is 0.273. The van der Waals surface area contributed by atoms with Crippen molar-refractivity contribution in [3.63, 3.8) is 0 Å². The van der Waals surface area contributed by atoms with Gasteiger partial charge in [0.15, 0.2) is 23.9 Å². The van der Waals surface area contributed by atoms with E-state index in [-0.39, 0.29) is 36.0 Å². The molecular weight excluding hydrogens is 404 g/mol. The number of hydrazine groups is 1. The average Bonchev–Trinajstić information content (AvgIpc) is 3.04. The lowest BCUT2D eigenvalue weighted by molar-refractivity contribution is -0.130. The monoisotopic (exact) mass is 424 g/mol. The molecule has 0 spiro atoms. The number of hydrogen-bond acceptors (Lipinski definition) is 7. The van der Waals surface area contributed by atoms with E-state index in [0.717, 1.165) is 11.4 Å². The van der Waals surface area contributed by atoms with E-state index in [1.54, 1.807) is 18.2 Å². The van der Waals surface area contributed by atoms with Crippen LogP contribution in [0.1, 0.15) is 40.0 Å². The minimum Gasteiger partial charge on any atom is -0.490 e. The van der Waals surface area contributed by atoms with Crippen LogP contribution < -0.4 is 19.9 Å². The third-order valence-electron chi connectivity index (χ3n) is 4.82. The number of benzene rings is 2. The van der Waals surface area contributed by atoms with Gasteiger partial charge in [-0.1, -0.05) is 0 Å². The summed E-state index contributed by atoms with van der Waals surface area (Å²) in [6, 6.07) is 10.8. The largest absolute Gasteiger partial charge is 0.490 e. The third kappa shape index (κ3) is 4.66. The molecule has 0 unspecified atom stereocenters. The second kappa shape index (κ2) is 8.86. The van der Waals surface area contributed by atoms with Crippen molar-refractivity contribution in [2.24, 2.45) is 0 Å². The lowest BCUT2D eigenvalue weighted by atomic mass is 10.1. The van der Waals surface area contributed by atoms with Gasteiger partial charge in [-0.15, -0.1) is 0 Å². The SMILES string of the molecule is O=C1CCC(=O)N(c2ccc(C(=O)OCC(=O)c3ccc4c(c3)OCCCO4)cc2)N1. The van der Waals surface area contributed by atoms with Gasteiger partial charge in [-0.3, -0.25) is 19.8 Å². The number of nitrogens with one attached hydrogen (secondary N) is 1. The Morgan fingerprint density at radius 3 is 2.42 bits per heavy atom. The quantitative estimate of drug-likeness (QED) is 0.578. The van der Waals surface area contributed by atoms with E-state index >= 15 is 0 Å². The number of esters is 1. The van der Waals surface area contributed by atoms with Gasteiger partial charge in [0.25, 0.3) is 0 Å². The Balaban J connectivity index is 1.36. The van der Waals surface area contributed by atoms with Crippen LogP contribution >= 0.6 is 0 Å². The summed E-state index contributed by atoms with van der Waals surface area (Å²) in [4.78, 5) is 48.2. The Morgan fingerprint density at radius 2 is 1.65 bits per heavy atom. The van der Waals surface area contributed by atoms with Crippen LogP contribution in [-0.2, 0) is 14.3 Å². The maximum atomic E-state index is 12.4. The molecule has 2 amide bonds. The number of carbonyl (C=O) groups is 4. The van der Waals surface area contributed by atoms with Gasteiger partial charge in [-0.25, -0.2) is 9.80 Å². The molecule has 0 saturated carbocycles. The number of nitrogens with zero attached hydrogens (tertiary/aromatic N) is 1. The Bertz CT molecular complexity index is 1030. The molecule has 0 radical (unpaired) electrons. The molecular formula is C22H20N2O7. The smallest absolute Gasteiger partial charge is 0.338 e. The van der Waals surface area contributed by atoms with Gasteiger partial charge in [0, 0.05) is 24.8 Å². The first-order valence-corrected chi connectivity index (χ1v) is 9.84. The summed E-state index contributed by atoms with van der Waals surface area (Å²) in [6.07, 6.45) is 1.03. The van der Waals surface area contributed by atoms with E-state index < -0.39 is 12.6 Å². The van der Waals surface area contributed by atoms with Crippen LogP contribution in [0.3, 0.4) is 0 Å². The molecule has 4 rings (SSSR count).